The van der Waals surface area contributed by atoms with Gasteiger partial charge in [0.2, 0.25) is 0 Å². The van der Waals surface area contributed by atoms with E-state index in [2.05, 4.69) is 46.9 Å². The van der Waals surface area contributed by atoms with E-state index in [-0.39, 0.29) is 0 Å². The van der Waals surface area contributed by atoms with Crippen LogP contribution in [0, 0.1) is 21.3 Å². The van der Waals surface area contributed by atoms with Crippen molar-refractivity contribution in [3.05, 3.63) is 33.4 Å². The van der Waals surface area contributed by atoms with Crippen LogP contribution in [0.25, 0.3) is 0 Å². The van der Waals surface area contributed by atoms with Gasteiger partial charge < -0.3 is 5.73 Å². The molecule has 0 aliphatic heterocycles. The maximum atomic E-state index is 6.34. The third-order valence-corrected chi connectivity index (χ3v) is 5.07. The van der Waals surface area contributed by atoms with E-state index in [1.807, 2.05) is 0 Å². The predicted octanol–water partition coefficient (Wildman–Crippen LogP) is 3.21. The summed E-state index contributed by atoms with van der Waals surface area (Å²) in [4.78, 5) is 0. The van der Waals surface area contributed by atoms with Crippen molar-refractivity contribution >= 4 is 22.6 Å². The minimum Gasteiger partial charge on any atom is -0.327 e. The molecular weight excluding hydrogens is 309 g/mol. The van der Waals surface area contributed by atoms with Gasteiger partial charge in [0.05, 0.1) is 0 Å². The number of nitrogens with two attached hydrogens (primary N) is 1. The third-order valence-electron chi connectivity index (χ3n) is 4.35. The fraction of sp³-hybridized carbons (Fsp3) is 0.571. The Bertz CT molecular complexity index is 363. The molecule has 0 aromatic heterocycles. The molecule has 3 unspecified atom stereocenters. The van der Waals surface area contributed by atoms with Gasteiger partial charge in [-0.25, -0.2) is 0 Å². The zero-order valence-electron chi connectivity index (χ0n) is 9.40. The minimum absolute atomic E-state index is 0.398. The Labute approximate surface area is 111 Å². The molecule has 0 heterocycles. The molecular formula is C14H18IN. The van der Waals surface area contributed by atoms with Crippen molar-refractivity contribution in [2.24, 2.45) is 23.5 Å². The summed E-state index contributed by atoms with van der Waals surface area (Å²) in [5.41, 5.74) is 7.74. The number of halogens is 1. The minimum atomic E-state index is 0.398. The van der Waals surface area contributed by atoms with Crippen molar-refractivity contribution in [1.82, 2.24) is 0 Å². The van der Waals surface area contributed by atoms with Crippen LogP contribution in [0.3, 0.4) is 0 Å². The maximum Gasteiger partial charge on any atom is 0.0130 e. The number of hydrogen-bond acceptors (Lipinski definition) is 1. The van der Waals surface area contributed by atoms with Crippen LogP contribution in [0.4, 0.5) is 0 Å². The second-order valence-corrected chi connectivity index (χ2v) is 6.58. The summed E-state index contributed by atoms with van der Waals surface area (Å²) in [6.45, 7) is 0. The van der Waals surface area contributed by atoms with Crippen molar-refractivity contribution in [3.8, 4) is 0 Å². The monoisotopic (exact) mass is 327 g/mol. The van der Waals surface area contributed by atoms with Gasteiger partial charge in [-0.2, -0.15) is 0 Å². The van der Waals surface area contributed by atoms with Gasteiger partial charge in [-0.05, 0) is 77.3 Å². The van der Waals surface area contributed by atoms with Crippen LogP contribution < -0.4 is 5.73 Å². The highest BCUT2D eigenvalue weighted by atomic mass is 127. The summed E-state index contributed by atoms with van der Waals surface area (Å²) in [7, 11) is 0. The molecule has 0 bridgehead atoms. The first kappa shape index (κ1) is 11.0. The molecule has 0 amide bonds. The van der Waals surface area contributed by atoms with Crippen LogP contribution >= 0.6 is 22.6 Å². The van der Waals surface area contributed by atoms with Crippen LogP contribution in [-0.2, 0) is 6.42 Å². The fourth-order valence-corrected chi connectivity index (χ4v) is 3.90. The lowest BCUT2D eigenvalue weighted by molar-refractivity contribution is 0.484. The lowest BCUT2D eigenvalue weighted by Crippen LogP contribution is -2.27. The van der Waals surface area contributed by atoms with Crippen molar-refractivity contribution in [2.75, 3.05) is 0 Å². The Balaban J connectivity index is 1.60. The fourth-order valence-electron chi connectivity index (χ4n) is 3.54. The average molecular weight is 327 g/mol. The summed E-state index contributed by atoms with van der Waals surface area (Å²) in [6.07, 6.45) is 5.39. The molecule has 2 aliphatic carbocycles. The highest BCUT2D eigenvalue weighted by Crippen LogP contribution is 2.58. The van der Waals surface area contributed by atoms with Gasteiger partial charge in [-0.1, -0.05) is 18.6 Å². The Hall–Kier alpha value is -0.0900. The van der Waals surface area contributed by atoms with E-state index in [9.17, 15) is 0 Å². The number of hydrogen-bond donors (Lipinski definition) is 1. The number of benzene rings is 1. The summed E-state index contributed by atoms with van der Waals surface area (Å²) in [6, 6.07) is 9.20. The molecule has 2 aliphatic rings. The topological polar surface area (TPSA) is 26.0 Å². The van der Waals surface area contributed by atoms with Crippen molar-refractivity contribution < 1.29 is 0 Å². The summed E-state index contributed by atoms with van der Waals surface area (Å²) < 4.78 is 1.30. The lowest BCUT2D eigenvalue weighted by atomic mass is 9.98. The summed E-state index contributed by atoms with van der Waals surface area (Å²) >= 11 is 2.35. The molecule has 16 heavy (non-hydrogen) atoms. The van der Waals surface area contributed by atoms with Crippen molar-refractivity contribution in [2.45, 2.75) is 31.7 Å². The SMILES string of the molecule is NC(Cc1ccc(I)cc1)C1C2CCCC21. The second kappa shape index (κ2) is 4.30. The summed E-state index contributed by atoms with van der Waals surface area (Å²) in [5, 5.41) is 0. The average Bonchev–Trinajstić information content (AvgIpc) is 2.76. The first-order chi connectivity index (χ1) is 7.75. The molecule has 3 rings (SSSR count). The van der Waals surface area contributed by atoms with Gasteiger partial charge >= 0.3 is 0 Å². The molecule has 2 saturated carbocycles. The van der Waals surface area contributed by atoms with Gasteiger partial charge in [0, 0.05) is 9.61 Å². The summed E-state index contributed by atoms with van der Waals surface area (Å²) in [5.74, 6) is 2.81. The van der Waals surface area contributed by atoms with Crippen LogP contribution in [-0.4, -0.2) is 6.04 Å². The number of rotatable bonds is 3. The zero-order chi connectivity index (χ0) is 11.1. The van der Waals surface area contributed by atoms with Gasteiger partial charge in [-0.3, -0.25) is 0 Å². The zero-order valence-corrected chi connectivity index (χ0v) is 11.6. The van der Waals surface area contributed by atoms with E-state index in [1.165, 1.54) is 28.4 Å². The standard InChI is InChI=1S/C14H18IN/c15-10-6-4-9(5-7-10)8-13(16)14-11-2-1-3-12(11)14/h4-7,11-14H,1-3,8,16H2. The highest BCUT2D eigenvalue weighted by molar-refractivity contribution is 14.1. The van der Waals surface area contributed by atoms with Crippen LogP contribution in [0.1, 0.15) is 24.8 Å². The van der Waals surface area contributed by atoms with Crippen LogP contribution in [0.5, 0.6) is 0 Å². The normalized spacial score (nSPS) is 33.5. The van der Waals surface area contributed by atoms with Crippen molar-refractivity contribution in [3.63, 3.8) is 0 Å². The molecule has 2 heteroatoms. The first-order valence-electron chi connectivity index (χ1n) is 6.26. The van der Waals surface area contributed by atoms with E-state index in [0.29, 0.717) is 6.04 Å². The molecule has 0 spiro atoms. The smallest absolute Gasteiger partial charge is 0.0130 e. The molecule has 2 N–H and O–H groups in total. The van der Waals surface area contributed by atoms with Crippen LogP contribution in [0.2, 0.25) is 0 Å². The molecule has 0 saturated heterocycles. The maximum absolute atomic E-state index is 6.34. The van der Waals surface area contributed by atoms with E-state index in [0.717, 1.165) is 24.2 Å². The molecule has 1 nitrogen and oxygen atoms in total. The van der Waals surface area contributed by atoms with E-state index in [4.69, 9.17) is 5.73 Å². The number of fused-ring (bicyclic) bond motifs is 1. The van der Waals surface area contributed by atoms with Crippen LogP contribution in [0.15, 0.2) is 24.3 Å². The molecule has 1 aromatic rings. The van der Waals surface area contributed by atoms with Gasteiger partial charge in [-0.15, -0.1) is 0 Å². The molecule has 0 radical (unpaired) electrons. The molecule has 1 aromatic carbocycles. The molecule has 86 valence electrons. The lowest BCUT2D eigenvalue weighted by Gasteiger charge is -2.13. The molecule has 3 atom stereocenters. The van der Waals surface area contributed by atoms with Gasteiger partial charge in [0.25, 0.3) is 0 Å². The van der Waals surface area contributed by atoms with E-state index >= 15 is 0 Å². The second-order valence-electron chi connectivity index (χ2n) is 5.33. The van der Waals surface area contributed by atoms with Gasteiger partial charge in [0.15, 0.2) is 0 Å². The van der Waals surface area contributed by atoms with E-state index in [1.54, 1.807) is 0 Å². The third kappa shape index (κ3) is 2.02. The largest absolute Gasteiger partial charge is 0.327 e. The Kier molecular flexibility index (Phi) is 2.96. The molecule has 2 fully saturated rings. The first-order valence-corrected chi connectivity index (χ1v) is 7.33. The quantitative estimate of drug-likeness (QED) is 0.848. The predicted molar refractivity (Wildman–Crippen MR) is 75.2 cm³/mol. The van der Waals surface area contributed by atoms with E-state index < -0.39 is 0 Å². The Morgan fingerprint density at radius 1 is 1.19 bits per heavy atom. The van der Waals surface area contributed by atoms with Crippen molar-refractivity contribution in [1.29, 1.82) is 0 Å². The highest BCUT2D eigenvalue weighted by Gasteiger charge is 2.54. The van der Waals surface area contributed by atoms with Gasteiger partial charge in [0.1, 0.15) is 0 Å². The Morgan fingerprint density at radius 3 is 2.44 bits per heavy atom. The Morgan fingerprint density at radius 2 is 1.81 bits per heavy atom.